The minimum atomic E-state index is -0.909. The predicted octanol–water partition coefficient (Wildman–Crippen LogP) is 2.05. The number of phenols is 1. The first-order valence-electron chi connectivity index (χ1n) is 5.27. The number of rotatable bonds is 4. The van der Waals surface area contributed by atoms with Gasteiger partial charge in [0.15, 0.2) is 11.6 Å². The number of halogens is 1. The minimum Gasteiger partial charge on any atom is -0.505 e. The van der Waals surface area contributed by atoms with Crippen LogP contribution >= 0.6 is 0 Å². The van der Waals surface area contributed by atoms with Crippen molar-refractivity contribution in [2.45, 2.75) is 24.7 Å². The summed E-state index contributed by atoms with van der Waals surface area (Å²) >= 11 is 0. The molecule has 0 spiro atoms. The Morgan fingerprint density at radius 2 is 2.18 bits per heavy atom. The highest BCUT2D eigenvalue weighted by Gasteiger charge is 2.48. The van der Waals surface area contributed by atoms with Crippen LogP contribution in [0.2, 0.25) is 0 Å². The number of hydrogen-bond donors (Lipinski definition) is 2. The largest absolute Gasteiger partial charge is 0.505 e. The Labute approximate surface area is 97.6 Å². The maximum atomic E-state index is 13.2. The van der Waals surface area contributed by atoms with E-state index in [-0.39, 0.29) is 6.42 Å². The molecule has 1 aromatic carbocycles. The van der Waals surface area contributed by atoms with Gasteiger partial charge in [0.1, 0.15) is 5.75 Å². The molecule has 0 amide bonds. The summed E-state index contributed by atoms with van der Waals surface area (Å²) in [6.45, 7) is 0. The Morgan fingerprint density at radius 1 is 1.53 bits per heavy atom. The zero-order chi connectivity index (χ0) is 12.6. The molecule has 4 nitrogen and oxygen atoms in total. The molecule has 92 valence electrons. The number of methoxy groups -OCH3 is 1. The summed E-state index contributed by atoms with van der Waals surface area (Å²) in [5, 5.41) is 18.2. The lowest BCUT2D eigenvalue weighted by Crippen LogP contribution is -2.14. The lowest BCUT2D eigenvalue weighted by Gasteiger charge is -2.17. The van der Waals surface area contributed by atoms with Crippen LogP contribution in [0.5, 0.6) is 11.5 Å². The summed E-state index contributed by atoms with van der Waals surface area (Å²) in [5.41, 5.74) is 0.0591. The highest BCUT2D eigenvalue weighted by Crippen LogP contribution is 2.54. The number of carboxylic acids is 1. The van der Waals surface area contributed by atoms with Gasteiger partial charge in [-0.05, 0) is 18.9 Å². The van der Waals surface area contributed by atoms with Gasteiger partial charge in [0, 0.05) is 17.0 Å². The van der Waals surface area contributed by atoms with Gasteiger partial charge in [-0.25, -0.2) is 4.39 Å². The second kappa shape index (κ2) is 3.91. The van der Waals surface area contributed by atoms with Crippen LogP contribution in [0.1, 0.15) is 24.8 Å². The summed E-state index contributed by atoms with van der Waals surface area (Å²) < 4.78 is 18.2. The number of carbonyl (C=O) groups is 1. The maximum absolute atomic E-state index is 13.2. The third-order valence-electron chi connectivity index (χ3n) is 3.18. The van der Waals surface area contributed by atoms with Gasteiger partial charge in [0.25, 0.3) is 0 Å². The van der Waals surface area contributed by atoms with Crippen LogP contribution in [0.3, 0.4) is 0 Å². The van der Waals surface area contributed by atoms with Crippen LogP contribution in [0.25, 0.3) is 0 Å². The highest BCUT2D eigenvalue weighted by molar-refractivity contribution is 5.70. The van der Waals surface area contributed by atoms with E-state index in [9.17, 15) is 14.3 Å². The quantitative estimate of drug-likeness (QED) is 0.845. The second-order valence-corrected chi connectivity index (χ2v) is 4.35. The molecule has 0 aliphatic heterocycles. The van der Waals surface area contributed by atoms with E-state index in [0.717, 1.165) is 6.07 Å². The molecule has 0 radical (unpaired) electrons. The van der Waals surface area contributed by atoms with Crippen molar-refractivity contribution in [2.75, 3.05) is 7.11 Å². The molecule has 2 N–H and O–H groups in total. The fourth-order valence-electron chi connectivity index (χ4n) is 2.11. The van der Waals surface area contributed by atoms with Crippen molar-refractivity contribution < 1.29 is 24.1 Å². The van der Waals surface area contributed by atoms with E-state index in [1.54, 1.807) is 0 Å². The standard InChI is InChI=1S/C12H13FO4/c1-17-10-5-8(13)9(14)4-7(10)12(2-3-12)6-11(15)16/h4-5,14H,2-3,6H2,1H3,(H,15,16). The van der Waals surface area contributed by atoms with E-state index in [2.05, 4.69) is 0 Å². The molecule has 0 bridgehead atoms. The molecule has 1 aliphatic rings. The molecular formula is C12H13FO4. The summed E-state index contributed by atoms with van der Waals surface area (Å²) in [6.07, 6.45) is 1.38. The van der Waals surface area contributed by atoms with Gasteiger partial charge >= 0.3 is 5.97 Å². The summed E-state index contributed by atoms with van der Waals surface area (Å²) in [5.74, 6) is -1.86. The Morgan fingerprint density at radius 3 is 2.65 bits per heavy atom. The number of carboxylic acid groups (broad SMARTS) is 1. The van der Waals surface area contributed by atoms with Crippen molar-refractivity contribution in [1.29, 1.82) is 0 Å². The van der Waals surface area contributed by atoms with E-state index in [1.165, 1.54) is 13.2 Å². The molecule has 1 saturated carbocycles. The fraction of sp³-hybridized carbons (Fsp3) is 0.417. The second-order valence-electron chi connectivity index (χ2n) is 4.35. The maximum Gasteiger partial charge on any atom is 0.304 e. The van der Waals surface area contributed by atoms with E-state index >= 15 is 0 Å². The van der Waals surface area contributed by atoms with Crippen molar-refractivity contribution in [3.63, 3.8) is 0 Å². The first kappa shape index (κ1) is 11.7. The zero-order valence-electron chi connectivity index (χ0n) is 9.36. The van der Waals surface area contributed by atoms with Gasteiger partial charge < -0.3 is 14.9 Å². The molecule has 0 aromatic heterocycles. The van der Waals surface area contributed by atoms with Crippen molar-refractivity contribution >= 4 is 5.97 Å². The molecular weight excluding hydrogens is 227 g/mol. The lowest BCUT2D eigenvalue weighted by molar-refractivity contribution is -0.137. The van der Waals surface area contributed by atoms with Crippen LogP contribution in [0, 0.1) is 5.82 Å². The number of aliphatic carboxylic acids is 1. The Bertz CT molecular complexity index is 466. The SMILES string of the molecule is COc1cc(F)c(O)cc1C1(CC(=O)O)CC1. The molecule has 1 aliphatic carbocycles. The molecule has 5 heteroatoms. The summed E-state index contributed by atoms with van der Waals surface area (Å²) in [7, 11) is 1.40. The van der Waals surface area contributed by atoms with Crippen LogP contribution in [0.4, 0.5) is 4.39 Å². The van der Waals surface area contributed by atoms with Crippen LogP contribution in [0.15, 0.2) is 12.1 Å². The zero-order valence-corrected chi connectivity index (χ0v) is 9.36. The Hall–Kier alpha value is -1.78. The third kappa shape index (κ3) is 2.05. The number of ether oxygens (including phenoxy) is 1. The number of hydrogen-bond acceptors (Lipinski definition) is 3. The smallest absolute Gasteiger partial charge is 0.304 e. The molecule has 17 heavy (non-hydrogen) atoms. The average Bonchev–Trinajstić information content (AvgIpc) is 3.01. The Balaban J connectivity index is 2.44. The molecule has 0 saturated heterocycles. The first-order valence-corrected chi connectivity index (χ1v) is 5.27. The molecule has 0 atom stereocenters. The summed E-state index contributed by atoms with van der Waals surface area (Å²) in [4.78, 5) is 10.8. The predicted molar refractivity (Wildman–Crippen MR) is 57.8 cm³/mol. The van der Waals surface area contributed by atoms with Gasteiger partial charge in [-0.2, -0.15) is 0 Å². The molecule has 0 unspecified atom stereocenters. The van der Waals surface area contributed by atoms with Gasteiger partial charge in [-0.15, -0.1) is 0 Å². The lowest BCUT2D eigenvalue weighted by atomic mass is 9.91. The van der Waals surface area contributed by atoms with Crippen LogP contribution < -0.4 is 4.74 Å². The number of benzene rings is 1. The molecule has 0 heterocycles. The van der Waals surface area contributed by atoms with Crippen molar-refractivity contribution in [1.82, 2.24) is 0 Å². The van der Waals surface area contributed by atoms with Gasteiger partial charge in [-0.1, -0.05) is 0 Å². The summed E-state index contributed by atoms with van der Waals surface area (Å²) in [6, 6.07) is 2.36. The fourth-order valence-corrected chi connectivity index (χ4v) is 2.11. The molecule has 1 aromatic rings. The number of phenolic OH excluding ortho intramolecular Hbond substituents is 1. The van der Waals surface area contributed by atoms with Crippen molar-refractivity contribution in [3.8, 4) is 11.5 Å². The van der Waals surface area contributed by atoms with E-state index in [4.69, 9.17) is 9.84 Å². The van der Waals surface area contributed by atoms with Gasteiger partial charge in [0.2, 0.25) is 0 Å². The van der Waals surface area contributed by atoms with Crippen LogP contribution in [-0.4, -0.2) is 23.3 Å². The number of aromatic hydroxyl groups is 1. The minimum absolute atomic E-state index is 0.0333. The average molecular weight is 240 g/mol. The first-order chi connectivity index (χ1) is 7.98. The van der Waals surface area contributed by atoms with Gasteiger partial charge in [-0.3, -0.25) is 4.79 Å². The molecule has 2 rings (SSSR count). The topological polar surface area (TPSA) is 66.8 Å². The molecule has 1 fully saturated rings. The Kier molecular flexibility index (Phi) is 2.69. The normalized spacial score (nSPS) is 16.6. The van der Waals surface area contributed by atoms with Gasteiger partial charge in [0.05, 0.1) is 13.5 Å². The van der Waals surface area contributed by atoms with E-state index < -0.39 is 23.0 Å². The highest BCUT2D eigenvalue weighted by atomic mass is 19.1. The van der Waals surface area contributed by atoms with Crippen LogP contribution in [-0.2, 0) is 10.2 Å². The van der Waals surface area contributed by atoms with Crippen molar-refractivity contribution in [3.05, 3.63) is 23.5 Å². The third-order valence-corrected chi connectivity index (χ3v) is 3.18. The monoisotopic (exact) mass is 240 g/mol. The van der Waals surface area contributed by atoms with E-state index in [1.807, 2.05) is 0 Å². The van der Waals surface area contributed by atoms with Crippen molar-refractivity contribution in [2.24, 2.45) is 0 Å². The van der Waals surface area contributed by atoms with E-state index in [0.29, 0.717) is 24.2 Å².